The number of amides is 1. The van der Waals surface area contributed by atoms with Gasteiger partial charge >= 0.3 is 0 Å². The fourth-order valence-corrected chi connectivity index (χ4v) is 2.80. The van der Waals surface area contributed by atoms with Crippen LogP contribution in [0.3, 0.4) is 0 Å². The largest absolute Gasteiger partial charge is 0.484 e. The average molecular weight is 300 g/mol. The fraction of sp³-hybridized carbons (Fsp3) is 0.375. The molecule has 22 heavy (non-hydrogen) atoms. The van der Waals surface area contributed by atoms with Crippen molar-refractivity contribution >= 4 is 11.6 Å². The van der Waals surface area contributed by atoms with Crippen LogP contribution >= 0.6 is 0 Å². The quantitative estimate of drug-likeness (QED) is 0.900. The summed E-state index contributed by atoms with van der Waals surface area (Å²) in [6.07, 6.45) is 2.50. The Bertz CT molecular complexity index is 668. The number of anilines is 1. The van der Waals surface area contributed by atoms with E-state index in [-0.39, 0.29) is 18.4 Å². The highest BCUT2D eigenvalue weighted by Gasteiger charge is 2.29. The number of benzene rings is 1. The van der Waals surface area contributed by atoms with Gasteiger partial charge in [0.05, 0.1) is 17.6 Å². The van der Waals surface area contributed by atoms with Gasteiger partial charge in [0.2, 0.25) is 0 Å². The summed E-state index contributed by atoms with van der Waals surface area (Å²) in [7, 11) is 0. The minimum absolute atomic E-state index is 0.00194. The Kier molecular flexibility index (Phi) is 4.00. The third kappa shape index (κ3) is 3.05. The summed E-state index contributed by atoms with van der Waals surface area (Å²) < 4.78 is 5.57. The first kappa shape index (κ1) is 14.4. The van der Waals surface area contributed by atoms with E-state index in [2.05, 4.69) is 10.2 Å². The first-order valence-electron chi connectivity index (χ1n) is 7.39. The molecule has 0 radical (unpaired) electrons. The van der Waals surface area contributed by atoms with Gasteiger partial charge in [0.1, 0.15) is 5.75 Å². The number of nitrogens with zero attached hydrogens (tertiary/aromatic N) is 2. The summed E-state index contributed by atoms with van der Waals surface area (Å²) in [6.45, 7) is 3.44. The Morgan fingerprint density at radius 1 is 1.55 bits per heavy atom. The van der Waals surface area contributed by atoms with Crippen LogP contribution in [0.15, 0.2) is 30.5 Å². The molecule has 1 aromatic carbocycles. The molecule has 2 aromatic rings. The molecule has 1 aromatic heterocycles. The summed E-state index contributed by atoms with van der Waals surface area (Å²) >= 11 is 0. The summed E-state index contributed by atoms with van der Waals surface area (Å²) in [5.74, 6) is 0.953. The van der Waals surface area contributed by atoms with Gasteiger partial charge in [0.25, 0.3) is 5.91 Å². The van der Waals surface area contributed by atoms with Crippen LogP contribution in [0.2, 0.25) is 0 Å². The van der Waals surface area contributed by atoms with Gasteiger partial charge in [-0.2, -0.15) is 5.10 Å². The minimum Gasteiger partial charge on any atom is -0.484 e. The van der Waals surface area contributed by atoms with E-state index in [0.29, 0.717) is 12.2 Å². The summed E-state index contributed by atoms with van der Waals surface area (Å²) in [6, 6.07) is 7.69. The highest BCUT2D eigenvalue weighted by atomic mass is 16.5. The second-order valence-electron chi connectivity index (χ2n) is 5.67. The van der Waals surface area contributed by atoms with Gasteiger partial charge in [0.15, 0.2) is 6.61 Å². The van der Waals surface area contributed by atoms with E-state index in [9.17, 15) is 4.79 Å². The van der Waals surface area contributed by atoms with Crippen molar-refractivity contribution < 1.29 is 9.53 Å². The number of aromatic nitrogens is 2. The number of aromatic amines is 1. The molecule has 1 amide bonds. The zero-order valence-electron chi connectivity index (χ0n) is 12.6. The molecule has 1 fully saturated rings. The highest BCUT2D eigenvalue weighted by molar-refractivity contribution is 5.78. The fourth-order valence-electron chi connectivity index (χ4n) is 2.80. The van der Waals surface area contributed by atoms with E-state index in [1.54, 1.807) is 6.20 Å². The van der Waals surface area contributed by atoms with Gasteiger partial charge in [-0.25, -0.2) is 0 Å². The molecule has 1 unspecified atom stereocenters. The molecule has 1 atom stereocenters. The molecule has 6 heteroatoms. The van der Waals surface area contributed by atoms with Crippen LogP contribution in [-0.2, 0) is 4.79 Å². The number of nitrogens with two attached hydrogens (primary N) is 1. The monoisotopic (exact) mass is 300 g/mol. The van der Waals surface area contributed by atoms with Crippen LogP contribution in [0.5, 0.6) is 5.75 Å². The molecule has 0 saturated carbocycles. The molecular formula is C16H20N4O2. The van der Waals surface area contributed by atoms with Crippen LogP contribution < -0.4 is 10.5 Å². The molecule has 0 bridgehead atoms. The number of carbonyl (C=O) groups excluding carboxylic acids is 1. The van der Waals surface area contributed by atoms with Crippen molar-refractivity contribution in [3.8, 4) is 5.75 Å². The summed E-state index contributed by atoms with van der Waals surface area (Å²) in [5, 5.41) is 6.87. The molecule has 0 spiro atoms. The van der Waals surface area contributed by atoms with E-state index >= 15 is 0 Å². The molecule has 1 saturated heterocycles. The van der Waals surface area contributed by atoms with Crippen LogP contribution in [-0.4, -0.2) is 40.7 Å². The Balaban J connectivity index is 1.54. The molecule has 2 heterocycles. The van der Waals surface area contributed by atoms with Crippen LogP contribution in [0.1, 0.15) is 23.6 Å². The molecular weight excluding hydrogens is 280 g/mol. The number of ether oxygens (including phenoxy) is 1. The number of H-pyrrole nitrogens is 1. The minimum atomic E-state index is 0.00194. The van der Waals surface area contributed by atoms with Crippen molar-refractivity contribution in [1.29, 1.82) is 0 Å². The van der Waals surface area contributed by atoms with Gasteiger partial charge in [-0.15, -0.1) is 0 Å². The van der Waals surface area contributed by atoms with Crippen molar-refractivity contribution in [2.75, 3.05) is 25.4 Å². The van der Waals surface area contributed by atoms with E-state index in [1.807, 2.05) is 36.1 Å². The molecule has 116 valence electrons. The van der Waals surface area contributed by atoms with Crippen molar-refractivity contribution in [3.05, 3.63) is 41.7 Å². The number of carbonyl (C=O) groups is 1. The van der Waals surface area contributed by atoms with Crippen LogP contribution in [0.4, 0.5) is 5.69 Å². The maximum Gasteiger partial charge on any atom is 0.260 e. The van der Waals surface area contributed by atoms with E-state index in [1.165, 1.54) is 0 Å². The maximum absolute atomic E-state index is 12.2. The van der Waals surface area contributed by atoms with Crippen molar-refractivity contribution in [1.82, 2.24) is 15.1 Å². The third-order valence-corrected chi connectivity index (χ3v) is 4.00. The lowest BCUT2D eigenvalue weighted by Crippen LogP contribution is -2.32. The zero-order chi connectivity index (χ0) is 15.5. The Morgan fingerprint density at radius 2 is 2.41 bits per heavy atom. The summed E-state index contributed by atoms with van der Waals surface area (Å²) in [5.41, 5.74) is 8.57. The topological polar surface area (TPSA) is 84.2 Å². The predicted molar refractivity (Wildman–Crippen MR) is 83.6 cm³/mol. The van der Waals surface area contributed by atoms with Crippen molar-refractivity contribution in [2.45, 2.75) is 19.3 Å². The molecule has 3 rings (SSSR count). The number of likely N-dealkylation sites (tertiary alicyclic amines) is 1. The second kappa shape index (κ2) is 6.09. The van der Waals surface area contributed by atoms with Crippen molar-refractivity contribution in [2.24, 2.45) is 0 Å². The second-order valence-corrected chi connectivity index (χ2v) is 5.67. The van der Waals surface area contributed by atoms with Gasteiger partial charge in [-0.3, -0.25) is 9.89 Å². The number of hydrogen-bond acceptors (Lipinski definition) is 4. The zero-order valence-corrected chi connectivity index (χ0v) is 12.6. The smallest absolute Gasteiger partial charge is 0.260 e. The third-order valence-electron chi connectivity index (χ3n) is 4.00. The van der Waals surface area contributed by atoms with Crippen molar-refractivity contribution in [3.63, 3.8) is 0 Å². The van der Waals surface area contributed by atoms with Gasteiger partial charge in [0, 0.05) is 19.0 Å². The Morgan fingerprint density at radius 3 is 3.14 bits per heavy atom. The number of rotatable bonds is 4. The van der Waals surface area contributed by atoms with E-state index in [4.69, 9.17) is 10.5 Å². The lowest BCUT2D eigenvalue weighted by molar-refractivity contribution is -0.132. The lowest BCUT2D eigenvalue weighted by atomic mass is 10.0. The molecule has 1 aliphatic rings. The predicted octanol–water partition coefficient (Wildman–Crippen LogP) is 1.70. The lowest BCUT2D eigenvalue weighted by Gasteiger charge is -2.17. The SMILES string of the molecule is Cc1cccc(OCC(=O)N2CCC(c3[nH]ncc3N)C2)c1. The number of nitrogens with one attached hydrogen (secondary N) is 1. The number of hydrogen-bond donors (Lipinski definition) is 2. The molecule has 3 N–H and O–H groups in total. The molecule has 1 aliphatic heterocycles. The van der Waals surface area contributed by atoms with Gasteiger partial charge in [-0.1, -0.05) is 12.1 Å². The summed E-state index contributed by atoms with van der Waals surface area (Å²) in [4.78, 5) is 14.1. The van der Waals surface area contributed by atoms with E-state index < -0.39 is 0 Å². The Hall–Kier alpha value is -2.50. The van der Waals surface area contributed by atoms with Gasteiger partial charge in [-0.05, 0) is 31.0 Å². The standard InChI is InChI=1S/C16H20N4O2/c1-11-3-2-4-13(7-11)22-10-15(21)20-6-5-12(9-20)16-14(17)8-18-19-16/h2-4,7-8,12H,5-6,9-10,17H2,1H3,(H,18,19). The highest BCUT2D eigenvalue weighted by Crippen LogP contribution is 2.29. The van der Waals surface area contributed by atoms with E-state index in [0.717, 1.165) is 30.0 Å². The first-order valence-corrected chi connectivity index (χ1v) is 7.39. The normalized spacial score (nSPS) is 17.7. The molecule has 6 nitrogen and oxygen atoms in total. The van der Waals surface area contributed by atoms with Crippen LogP contribution in [0.25, 0.3) is 0 Å². The average Bonchev–Trinajstić information content (AvgIpc) is 3.13. The number of aryl methyl sites for hydroxylation is 1. The maximum atomic E-state index is 12.2. The first-order chi connectivity index (χ1) is 10.6. The molecule has 0 aliphatic carbocycles. The van der Waals surface area contributed by atoms with Crippen LogP contribution in [0, 0.1) is 6.92 Å². The Labute approximate surface area is 129 Å². The van der Waals surface area contributed by atoms with Gasteiger partial charge < -0.3 is 15.4 Å². The number of nitrogen functional groups attached to an aromatic ring is 1.